The number of nitrogens with one attached hydrogen (secondary N) is 1. The largest absolute Gasteiger partial charge is 0.490 e. The number of benzene rings is 2. The van der Waals surface area contributed by atoms with Crippen LogP contribution in [0, 0.1) is 0 Å². The van der Waals surface area contributed by atoms with E-state index >= 15 is 0 Å². The highest BCUT2D eigenvalue weighted by Crippen LogP contribution is 2.37. The maximum atomic E-state index is 13.3. The van der Waals surface area contributed by atoms with Crippen molar-refractivity contribution < 1.29 is 23.5 Å². The summed E-state index contributed by atoms with van der Waals surface area (Å²) in [4.78, 5) is 31.6. The van der Waals surface area contributed by atoms with E-state index < -0.39 is 11.6 Å². The van der Waals surface area contributed by atoms with Crippen molar-refractivity contribution in [3.05, 3.63) is 64.5 Å². The van der Waals surface area contributed by atoms with Crippen LogP contribution in [0.25, 0.3) is 11.5 Å². The van der Waals surface area contributed by atoms with Gasteiger partial charge in [-0.1, -0.05) is 22.0 Å². The summed E-state index contributed by atoms with van der Waals surface area (Å²) in [6.07, 6.45) is 2.24. The van der Waals surface area contributed by atoms with Crippen molar-refractivity contribution in [3.8, 4) is 23.0 Å². The fourth-order valence-electron chi connectivity index (χ4n) is 3.78. The molecule has 8 nitrogen and oxygen atoms in total. The molecule has 0 radical (unpaired) electrons. The Hall–Kier alpha value is -3.33. The summed E-state index contributed by atoms with van der Waals surface area (Å²) in [7, 11) is 0. The molecule has 3 amide bonds. The third kappa shape index (κ3) is 3.62. The Labute approximate surface area is 192 Å². The van der Waals surface area contributed by atoms with Gasteiger partial charge in [0.05, 0.1) is 25.5 Å². The van der Waals surface area contributed by atoms with E-state index in [1.165, 1.54) is 6.26 Å². The summed E-state index contributed by atoms with van der Waals surface area (Å²) in [5.74, 6) is 1.25. The molecule has 164 valence electrons. The molecule has 1 saturated heterocycles. The van der Waals surface area contributed by atoms with Crippen LogP contribution in [0.2, 0.25) is 0 Å². The number of carbonyl (C=O) groups excluding carboxylic acids is 2. The van der Waals surface area contributed by atoms with E-state index in [0.717, 1.165) is 21.4 Å². The Kier molecular flexibility index (Phi) is 5.13. The fraction of sp³-hybridized carbons (Fsp3) is 0.261. The van der Waals surface area contributed by atoms with Crippen molar-refractivity contribution in [1.29, 1.82) is 0 Å². The Balaban J connectivity index is 1.37. The Morgan fingerprint density at radius 2 is 1.84 bits per heavy atom. The summed E-state index contributed by atoms with van der Waals surface area (Å²) in [6, 6.07) is 12.3. The summed E-state index contributed by atoms with van der Waals surface area (Å²) < 4.78 is 17.9. The SMILES string of the molecule is CC1(c2ccc3c(c2)OCCCO3)NC(=O)N(Cc2coc(-c3ccc(Br)cc3)n2)C1=O. The number of hydrogen-bond acceptors (Lipinski definition) is 6. The zero-order chi connectivity index (χ0) is 22.3. The minimum Gasteiger partial charge on any atom is -0.490 e. The average molecular weight is 498 g/mol. The average Bonchev–Trinajstić information content (AvgIpc) is 3.23. The van der Waals surface area contributed by atoms with Crippen LogP contribution in [0.15, 0.2) is 57.6 Å². The number of urea groups is 1. The number of oxazole rings is 1. The first-order valence-electron chi connectivity index (χ1n) is 10.2. The number of nitrogens with zero attached hydrogens (tertiary/aromatic N) is 2. The zero-order valence-electron chi connectivity index (χ0n) is 17.3. The lowest BCUT2D eigenvalue weighted by molar-refractivity contribution is -0.131. The minimum atomic E-state index is -1.22. The lowest BCUT2D eigenvalue weighted by Crippen LogP contribution is -2.40. The van der Waals surface area contributed by atoms with E-state index in [-0.39, 0.29) is 12.5 Å². The van der Waals surface area contributed by atoms with E-state index in [2.05, 4.69) is 26.2 Å². The molecule has 1 N–H and O–H groups in total. The molecule has 1 unspecified atom stereocenters. The van der Waals surface area contributed by atoms with Crippen molar-refractivity contribution in [1.82, 2.24) is 15.2 Å². The second kappa shape index (κ2) is 7.98. The molecule has 2 aliphatic rings. The van der Waals surface area contributed by atoms with E-state index in [1.54, 1.807) is 25.1 Å². The van der Waals surface area contributed by atoms with Gasteiger partial charge in [-0.3, -0.25) is 9.69 Å². The Morgan fingerprint density at radius 3 is 2.62 bits per heavy atom. The van der Waals surface area contributed by atoms with Crippen LogP contribution < -0.4 is 14.8 Å². The zero-order valence-corrected chi connectivity index (χ0v) is 18.8. The molecule has 1 aromatic heterocycles. The van der Waals surface area contributed by atoms with Crippen LogP contribution in [0.1, 0.15) is 24.6 Å². The lowest BCUT2D eigenvalue weighted by Gasteiger charge is -2.23. The number of aromatic nitrogens is 1. The summed E-state index contributed by atoms with van der Waals surface area (Å²) in [5.41, 5.74) is 0.682. The third-order valence-corrected chi connectivity index (χ3v) is 6.09. The van der Waals surface area contributed by atoms with Gasteiger partial charge in [-0.2, -0.15) is 0 Å². The minimum absolute atomic E-state index is 0.00480. The number of amides is 3. The number of halogens is 1. The summed E-state index contributed by atoms with van der Waals surface area (Å²) in [5, 5.41) is 2.81. The van der Waals surface area contributed by atoms with E-state index in [9.17, 15) is 9.59 Å². The first-order chi connectivity index (χ1) is 15.4. The predicted molar refractivity (Wildman–Crippen MR) is 118 cm³/mol. The molecule has 0 spiro atoms. The highest BCUT2D eigenvalue weighted by molar-refractivity contribution is 9.10. The lowest BCUT2D eigenvalue weighted by atomic mass is 9.91. The van der Waals surface area contributed by atoms with Gasteiger partial charge in [0.1, 0.15) is 11.8 Å². The molecule has 3 heterocycles. The molecule has 5 rings (SSSR count). The second-order valence-electron chi connectivity index (χ2n) is 7.81. The topological polar surface area (TPSA) is 93.9 Å². The molecule has 0 saturated carbocycles. The molecule has 0 bridgehead atoms. The molecule has 2 aromatic carbocycles. The number of ether oxygens (including phenoxy) is 2. The van der Waals surface area contributed by atoms with Crippen molar-refractivity contribution in [3.63, 3.8) is 0 Å². The van der Waals surface area contributed by atoms with Crippen LogP contribution in [0.4, 0.5) is 4.79 Å². The Morgan fingerprint density at radius 1 is 1.09 bits per heavy atom. The smallest absolute Gasteiger partial charge is 0.325 e. The van der Waals surface area contributed by atoms with Crippen molar-refractivity contribution in [2.75, 3.05) is 13.2 Å². The molecule has 2 aliphatic heterocycles. The van der Waals surface area contributed by atoms with Gasteiger partial charge in [0.2, 0.25) is 5.89 Å². The summed E-state index contributed by atoms with van der Waals surface area (Å²) >= 11 is 3.39. The maximum Gasteiger partial charge on any atom is 0.325 e. The fourth-order valence-corrected chi connectivity index (χ4v) is 4.04. The normalized spacial score (nSPS) is 20.2. The van der Waals surface area contributed by atoms with Gasteiger partial charge >= 0.3 is 6.03 Å². The van der Waals surface area contributed by atoms with Crippen molar-refractivity contribution in [2.45, 2.75) is 25.4 Å². The second-order valence-corrected chi connectivity index (χ2v) is 8.73. The number of carbonyl (C=O) groups is 2. The van der Waals surface area contributed by atoms with E-state index in [0.29, 0.717) is 41.9 Å². The molecule has 9 heteroatoms. The van der Waals surface area contributed by atoms with Crippen LogP contribution in [0.5, 0.6) is 11.5 Å². The Bertz CT molecular complexity index is 1190. The van der Waals surface area contributed by atoms with Gasteiger partial charge in [0, 0.05) is 16.5 Å². The number of rotatable bonds is 4. The van der Waals surface area contributed by atoms with Gasteiger partial charge in [-0.25, -0.2) is 9.78 Å². The predicted octanol–water partition coefficient (Wildman–Crippen LogP) is 4.23. The maximum absolute atomic E-state index is 13.3. The monoisotopic (exact) mass is 497 g/mol. The van der Waals surface area contributed by atoms with Crippen LogP contribution in [-0.2, 0) is 16.9 Å². The van der Waals surface area contributed by atoms with E-state index in [1.807, 2.05) is 24.3 Å². The first kappa shape index (κ1) is 20.6. The molecular formula is C23H20BrN3O5. The number of fused-ring (bicyclic) bond motifs is 1. The van der Waals surface area contributed by atoms with Crippen LogP contribution in [-0.4, -0.2) is 35.0 Å². The molecular weight excluding hydrogens is 478 g/mol. The van der Waals surface area contributed by atoms with Gasteiger partial charge in [0.15, 0.2) is 11.5 Å². The number of imide groups is 1. The molecule has 1 atom stereocenters. The standard InChI is InChI=1S/C23H20BrN3O5/c1-23(15-5-8-18-19(11-15)31-10-2-9-30-18)21(28)27(22(29)26-23)12-17-13-32-20(25-17)14-3-6-16(24)7-4-14/h3-8,11,13H,2,9-10,12H2,1H3,(H,26,29). The van der Waals surface area contributed by atoms with Gasteiger partial charge in [0.25, 0.3) is 5.91 Å². The number of hydrogen-bond donors (Lipinski definition) is 1. The van der Waals surface area contributed by atoms with Crippen molar-refractivity contribution in [2.24, 2.45) is 0 Å². The van der Waals surface area contributed by atoms with Gasteiger partial charge in [-0.05, 0) is 48.9 Å². The van der Waals surface area contributed by atoms with E-state index in [4.69, 9.17) is 13.9 Å². The molecule has 3 aromatic rings. The van der Waals surface area contributed by atoms with Gasteiger partial charge in [-0.15, -0.1) is 0 Å². The molecule has 0 aliphatic carbocycles. The molecule has 32 heavy (non-hydrogen) atoms. The highest BCUT2D eigenvalue weighted by atomic mass is 79.9. The van der Waals surface area contributed by atoms with Crippen LogP contribution >= 0.6 is 15.9 Å². The third-order valence-electron chi connectivity index (χ3n) is 5.56. The quantitative estimate of drug-likeness (QED) is 0.542. The molecule has 1 fully saturated rings. The highest BCUT2D eigenvalue weighted by Gasteiger charge is 2.49. The summed E-state index contributed by atoms with van der Waals surface area (Å²) in [6.45, 7) is 2.80. The van der Waals surface area contributed by atoms with Gasteiger partial charge < -0.3 is 19.2 Å². The van der Waals surface area contributed by atoms with Crippen molar-refractivity contribution >= 4 is 27.9 Å². The first-order valence-corrected chi connectivity index (χ1v) is 11.0. The van der Waals surface area contributed by atoms with Crippen LogP contribution in [0.3, 0.4) is 0 Å².